The van der Waals surface area contributed by atoms with Gasteiger partial charge in [-0.05, 0) is 24.7 Å². The number of hydrogen-bond acceptors (Lipinski definition) is 4. The molecule has 0 aliphatic rings. The molecule has 24 heavy (non-hydrogen) atoms. The van der Waals surface area contributed by atoms with E-state index in [0.29, 0.717) is 24.2 Å². The van der Waals surface area contributed by atoms with Crippen LogP contribution in [0.15, 0.2) is 12.7 Å². The molecule has 0 aromatic rings. The van der Waals surface area contributed by atoms with Gasteiger partial charge in [0.15, 0.2) is 0 Å². The van der Waals surface area contributed by atoms with E-state index in [1.54, 1.807) is 0 Å². The van der Waals surface area contributed by atoms with Crippen LogP contribution in [-0.2, 0) is 13.9 Å². The number of unbranched alkanes of at least 4 members (excludes halogenated alkanes) is 2. The zero-order chi connectivity index (χ0) is 17.7. The Labute approximate surface area is 149 Å². The minimum absolute atomic E-state index is 0. The first-order chi connectivity index (χ1) is 10.9. The van der Waals surface area contributed by atoms with E-state index < -0.39 is 13.3 Å². The van der Waals surface area contributed by atoms with Gasteiger partial charge < -0.3 is 10.7 Å². The minimum Gasteiger partial charge on any atom is -0.409 e. The standard InChI is InChI=1S/C19H37O3P.H3N/c1-6-11-13-17(8-3)15-23(21,22-19(20)10-5)16-18(9-4)14-12-7-2;/h10,17-18H,5-9,11-16H2,1-4H3;1H3. The van der Waals surface area contributed by atoms with Crippen molar-refractivity contribution >= 4 is 13.3 Å². The van der Waals surface area contributed by atoms with E-state index in [2.05, 4.69) is 34.3 Å². The van der Waals surface area contributed by atoms with Crippen LogP contribution >= 0.6 is 7.37 Å². The monoisotopic (exact) mass is 361 g/mol. The predicted octanol–water partition coefficient (Wildman–Crippen LogP) is 6.59. The molecule has 0 saturated carbocycles. The molecule has 2 unspecified atom stereocenters. The van der Waals surface area contributed by atoms with E-state index in [1.165, 1.54) is 0 Å². The lowest BCUT2D eigenvalue weighted by molar-refractivity contribution is -0.128. The van der Waals surface area contributed by atoms with Crippen LogP contribution in [0.3, 0.4) is 0 Å². The summed E-state index contributed by atoms with van der Waals surface area (Å²) >= 11 is 0. The SMILES string of the molecule is C=CC(=O)OP(=O)(CC(CC)CCCC)CC(CC)CCCC.N. The van der Waals surface area contributed by atoms with Gasteiger partial charge in [0.1, 0.15) is 0 Å². The molecule has 3 N–H and O–H groups in total. The third-order valence-electron chi connectivity index (χ3n) is 4.58. The molecule has 0 aliphatic carbocycles. The molecule has 0 aliphatic heterocycles. The molecule has 0 heterocycles. The van der Waals surface area contributed by atoms with Gasteiger partial charge in [-0.3, -0.25) is 4.57 Å². The fourth-order valence-corrected chi connectivity index (χ4v) is 6.13. The molecule has 0 rings (SSSR count). The van der Waals surface area contributed by atoms with Crippen LogP contribution < -0.4 is 6.15 Å². The molecule has 4 nitrogen and oxygen atoms in total. The van der Waals surface area contributed by atoms with Crippen molar-refractivity contribution < 1.29 is 13.9 Å². The van der Waals surface area contributed by atoms with E-state index >= 15 is 0 Å². The van der Waals surface area contributed by atoms with Crippen molar-refractivity contribution in [3.05, 3.63) is 12.7 Å². The molecule has 0 aromatic heterocycles. The molecule has 0 aromatic carbocycles. The maximum absolute atomic E-state index is 13.4. The highest BCUT2D eigenvalue weighted by atomic mass is 31.2. The van der Waals surface area contributed by atoms with Gasteiger partial charge in [-0.25, -0.2) is 4.79 Å². The first-order valence-electron chi connectivity index (χ1n) is 9.38. The summed E-state index contributed by atoms with van der Waals surface area (Å²) in [5.74, 6) is 0.216. The second-order valence-corrected chi connectivity index (χ2v) is 9.17. The molecule has 0 fully saturated rings. The lowest BCUT2D eigenvalue weighted by Crippen LogP contribution is -2.16. The first kappa shape index (κ1) is 25.6. The molecular weight excluding hydrogens is 321 g/mol. The Kier molecular flexibility index (Phi) is 15.7. The van der Waals surface area contributed by atoms with Gasteiger partial charge in [-0.2, -0.15) is 0 Å². The van der Waals surface area contributed by atoms with E-state index in [0.717, 1.165) is 57.4 Å². The largest absolute Gasteiger partial charge is 0.409 e. The van der Waals surface area contributed by atoms with Crippen LogP contribution in [0.5, 0.6) is 0 Å². The Hall–Kier alpha value is -0.600. The third-order valence-corrected chi connectivity index (χ3v) is 7.24. The highest BCUT2D eigenvalue weighted by Gasteiger charge is 2.32. The summed E-state index contributed by atoms with van der Waals surface area (Å²) in [5, 5.41) is 0. The van der Waals surface area contributed by atoms with Gasteiger partial charge in [0.25, 0.3) is 7.37 Å². The Morgan fingerprint density at radius 3 is 1.71 bits per heavy atom. The molecule has 2 atom stereocenters. The molecule has 0 bridgehead atoms. The number of carbonyl (C=O) groups excluding carboxylic acids is 1. The molecule has 0 amide bonds. The summed E-state index contributed by atoms with van der Waals surface area (Å²) in [4.78, 5) is 11.7. The zero-order valence-corrected chi connectivity index (χ0v) is 17.3. The second kappa shape index (κ2) is 14.7. The van der Waals surface area contributed by atoms with Crippen molar-refractivity contribution in [3.8, 4) is 0 Å². The summed E-state index contributed by atoms with van der Waals surface area (Å²) in [6.45, 7) is 12.1. The topological polar surface area (TPSA) is 78.4 Å². The van der Waals surface area contributed by atoms with Crippen LogP contribution in [0, 0.1) is 11.8 Å². The third kappa shape index (κ3) is 11.0. The highest BCUT2D eigenvalue weighted by Crippen LogP contribution is 2.52. The predicted molar refractivity (Wildman–Crippen MR) is 105 cm³/mol. The van der Waals surface area contributed by atoms with Crippen LogP contribution in [0.4, 0.5) is 0 Å². The average Bonchev–Trinajstić information content (AvgIpc) is 2.55. The van der Waals surface area contributed by atoms with Gasteiger partial charge in [-0.1, -0.05) is 72.8 Å². The van der Waals surface area contributed by atoms with Crippen molar-refractivity contribution in [3.63, 3.8) is 0 Å². The Balaban J connectivity index is 0. The van der Waals surface area contributed by atoms with E-state index in [-0.39, 0.29) is 6.15 Å². The van der Waals surface area contributed by atoms with Crippen LogP contribution in [0.25, 0.3) is 0 Å². The number of hydrogen-bond donors (Lipinski definition) is 1. The molecule has 144 valence electrons. The summed E-state index contributed by atoms with van der Waals surface area (Å²) in [5.41, 5.74) is 0. The van der Waals surface area contributed by atoms with Crippen LogP contribution in [0.2, 0.25) is 0 Å². The molecule has 0 saturated heterocycles. The highest BCUT2D eigenvalue weighted by molar-refractivity contribution is 7.59. The van der Waals surface area contributed by atoms with E-state index in [9.17, 15) is 9.36 Å². The number of carbonyl (C=O) groups is 1. The van der Waals surface area contributed by atoms with Crippen molar-refractivity contribution in [2.24, 2.45) is 11.8 Å². The van der Waals surface area contributed by atoms with Gasteiger partial charge in [0, 0.05) is 18.4 Å². The van der Waals surface area contributed by atoms with Crippen molar-refractivity contribution in [2.75, 3.05) is 12.3 Å². The number of rotatable bonds is 14. The lowest BCUT2D eigenvalue weighted by atomic mass is 10.0. The van der Waals surface area contributed by atoms with E-state index in [1.807, 2.05) is 0 Å². The first-order valence-corrected chi connectivity index (χ1v) is 11.4. The Morgan fingerprint density at radius 1 is 1.00 bits per heavy atom. The normalized spacial score (nSPS) is 15.7. The maximum atomic E-state index is 13.4. The summed E-state index contributed by atoms with van der Waals surface area (Å²) in [6.07, 6.45) is 10.9. The van der Waals surface area contributed by atoms with Crippen molar-refractivity contribution in [1.29, 1.82) is 0 Å². The fourth-order valence-electron chi connectivity index (χ4n) is 2.97. The maximum Gasteiger partial charge on any atom is 0.335 e. The van der Waals surface area contributed by atoms with Gasteiger partial charge in [0.2, 0.25) is 0 Å². The van der Waals surface area contributed by atoms with Crippen molar-refractivity contribution in [1.82, 2.24) is 6.15 Å². The van der Waals surface area contributed by atoms with Gasteiger partial charge in [0.05, 0.1) is 0 Å². The quantitative estimate of drug-likeness (QED) is 0.280. The Bertz CT molecular complexity index is 363. The molecule has 0 radical (unpaired) electrons. The van der Waals surface area contributed by atoms with Crippen molar-refractivity contribution in [2.45, 2.75) is 79.1 Å². The van der Waals surface area contributed by atoms with Crippen LogP contribution in [-0.4, -0.2) is 18.3 Å². The fraction of sp³-hybridized carbons (Fsp3) is 0.842. The zero-order valence-electron chi connectivity index (χ0n) is 16.4. The average molecular weight is 362 g/mol. The van der Waals surface area contributed by atoms with Crippen LogP contribution in [0.1, 0.15) is 79.1 Å². The molecule has 5 heteroatoms. The van der Waals surface area contributed by atoms with Gasteiger partial charge >= 0.3 is 5.97 Å². The van der Waals surface area contributed by atoms with Gasteiger partial charge in [-0.15, -0.1) is 0 Å². The Morgan fingerprint density at radius 2 is 1.42 bits per heavy atom. The second-order valence-electron chi connectivity index (χ2n) is 6.63. The summed E-state index contributed by atoms with van der Waals surface area (Å²) in [7, 11) is -2.94. The smallest absolute Gasteiger partial charge is 0.335 e. The van der Waals surface area contributed by atoms with E-state index in [4.69, 9.17) is 4.52 Å². The summed E-state index contributed by atoms with van der Waals surface area (Å²) < 4.78 is 18.8. The molecular formula is C19H40NO3P. The lowest BCUT2D eigenvalue weighted by Gasteiger charge is -2.26. The molecule has 0 spiro atoms. The minimum atomic E-state index is -2.94. The summed E-state index contributed by atoms with van der Waals surface area (Å²) in [6, 6.07) is 0.